The van der Waals surface area contributed by atoms with Crippen LogP contribution in [0.25, 0.3) is 57.5 Å². The zero-order chi connectivity index (χ0) is 49.3. The van der Waals surface area contributed by atoms with E-state index in [4.69, 9.17) is 19.9 Å². The van der Waals surface area contributed by atoms with Crippen molar-refractivity contribution >= 4 is 69.0 Å². The van der Waals surface area contributed by atoms with Gasteiger partial charge in [-0.15, -0.1) is 22.1 Å². The number of halogens is 1. The molecule has 4 nitrogen and oxygen atoms in total. The van der Waals surface area contributed by atoms with Crippen LogP contribution < -0.4 is 9.97 Å². The molecular weight excluding hydrogens is 1030 g/mol. The van der Waals surface area contributed by atoms with Gasteiger partial charge >= 0.3 is 19.5 Å². The zero-order valence-electron chi connectivity index (χ0n) is 45.7. The van der Waals surface area contributed by atoms with Gasteiger partial charge in [0, 0.05) is 9.13 Å². The Morgan fingerprint density at radius 1 is 0.352 bits per heavy atom. The summed E-state index contributed by atoms with van der Waals surface area (Å²) in [6.45, 7) is 14.0. The molecule has 0 radical (unpaired) electrons. The van der Waals surface area contributed by atoms with Crippen LogP contribution in [-0.4, -0.2) is 9.97 Å². The fourth-order valence-electron chi connectivity index (χ4n) is 11.5. The average Bonchev–Trinajstić information content (AvgIpc) is 4.23. The molecule has 3 aromatic heterocycles. The summed E-state index contributed by atoms with van der Waals surface area (Å²) in [7, 11) is 0. The van der Waals surface area contributed by atoms with Crippen molar-refractivity contribution in [2.24, 2.45) is 0 Å². The number of fused-ring (bicyclic) bond motifs is 8. The first-order valence-corrected chi connectivity index (χ1v) is 30.3. The molecule has 0 atom stereocenters. The van der Waals surface area contributed by atoms with Gasteiger partial charge in [-0.1, -0.05) is 238 Å². The van der Waals surface area contributed by atoms with Gasteiger partial charge in [-0.3, -0.25) is 0 Å². The third kappa shape index (κ3) is 17.6. The van der Waals surface area contributed by atoms with E-state index in [9.17, 15) is 0 Å². The van der Waals surface area contributed by atoms with Crippen LogP contribution in [0.2, 0.25) is 0 Å². The standard InChI is InChI=1S/C65H93IN4.Zn/c1-7-13-19-25-31-49(32-26-20-14-8-2)62-54-41-43-56(67-54)63(50(33-27-21-15-9-3)34-28-22-16-10-4)58-45-47-60(69-58)65(52-37-39-53(66)40-38-52)61-48-46-59(70-61)64(57-44-42-55(62)68-57)51(35-29-23-17-11-5)36-30-24-18-12-6;/h37-51H,7-36H2,1-6H3;/q-2;+2/i65+1;. The van der Waals surface area contributed by atoms with Crippen LogP contribution in [0.15, 0.2) is 48.5 Å². The average molecular weight is 1120 g/mol. The fraction of sp³-hybridized carbons (Fsp3) is 0.600. The first-order valence-electron chi connectivity index (χ1n) is 29.3. The Bertz CT molecular complexity index is 2210. The van der Waals surface area contributed by atoms with Gasteiger partial charge in [0.05, 0.1) is 22.8 Å². The van der Waals surface area contributed by atoms with E-state index in [-0.39, 0.29) is 19.5 Å². The maximum absolute atomic E-state index is 5.88. The Hall–Kier alpha value is -2.83. The molecule has 6 rings (SSSR count). The predicted molar refractivity (Wildman–Crippen MR) is 316 cm³/mol. The van der Waals surface area contributed by atoms with Crippen LogP contribution in [0.5, 0.6) is 0 Å². The summed E-state index contributed by atoms with van der Waals surface area (Å²) in [5.41, 5.74) is 15.1. The summed E-state index contributed by atoms with van der Waals surface area (Å²) in [4.78, 5) is 23.2. The quantitative estimate of drug-likeness (QED) is 0.0230. The van der Waals surface area contributed by atoms with Gasteiger partial charge in [-0.05, 0) is 132 Å². The van der Waals surface area contributed by atoms with Crippen molar-refractivity contribution in [2.75, 3.05) is 0 Å². The molecule has 0 spiro atoms. The second-order valence-electron chi connectivity index (χ2n) is 21.2. The largest absolute Gasteiger partial charge is 2.00 e. The molecule has 4 aromatic rings. The minimum Gasteiger partial charge on any atom is -0.657 e. The van der Waals surface area contributed by atoms with Gasteiger partial charge in [-0.2, -0.15) is 0 Å². The molecule has 71 heavy (non-hydrogen) atoms. The van der Waals surface area contributed by atoms with Gasteiger partial charge in [-0.25, -0.2) is 9.97 Å². The second kappa shape index (κ2) is 33.2. The van der Waals surface area contributed by atoms with E-state index in [1.807, 2.05) is 0 Å². The van der Waals surface area contributed by atoms with Crippen molar-refractivity contribution in [1.29, 1.82) is 0 Å². The molecule has 382 valence electrons. The van der Waals surface area contributed by atoms with Gasteiger partial charge in [0.25, 0.3) is 0 Å². The normalized spacial score (nSPS) is 12.3. The molecule has 6 heteroatoms. The third-order valence-corrected chi connectivity index (χ3v) is 16.2. The van der Waals surface area contributed by atoms with Gasteiger partial charge in [0.1, 0.15) is 0 Å². The van der Waals surface area contributed by atoms with Gasteiger partial charge in [0.15, 0.2) is 0 Å². The van der Waals surface area contributed by atoms with E-state index >= 15 is 0 Å². The molecule has 0 unspecified atom stereocenters. The minimum absolute atomic E-state index is 0. The summed E-state index contributed by atoms with van der Waals surface area (Å²) in [6, 6.07) is 18.6. The van der Waals surface area contributed by atoms with Crippen molar-refractivity contribution in [2.45, 2.75) is 252 Å². The number of nitrogens with zero attached hydrogens (tertiary/aromatic N) is 4. The molecule has 0 N–H and O–H groups in total. The number of hydrogen-bond donors (Lipinski definition) is 0. The fourth-order valence-corrected chi connectivity index (χ4v) is 11.9. The summed E-state index contributed by atoms with van der Waals surface area (Å²) in [5, 5.41) is 0. The monoisotopic (exact) mass is 1120 g/mol. The van der Waals surface area contributed by atoms with E-state index in [0.717, 1.165) is 56.0 Å². The van der Waals surface area contributed by atoms with Gasteiger partial charge in [0.2, 0.25) is 0 Å². The Morgan fingerprint density at radius 3 is 0.944 bits per heavy atom. The Morgan fingerprint density at radius 2 is 0.634 bits per heavy atom. The van der Waals surface area contributed by atoms with E-state index in [1.165, 1.54) is 213 Å². The van der Waals surface area contributed by atoms with E-state index in [2.05, 4.69) is 137 Å². The maximum atomic E-state index is 5.88. The molecule has 0 amide bonds. The minimum atomic E-state index is 0. The van der Waals surface area contributed by atoms with Crippen LogP contribution in [0.4, 0.5) is 0 Å². The molecule has 8 bridgehead atoms. The van der Waals surface area contributed by atoms with Crippen molar-refractivity contribution in [3.8, 4) is 11.1 Å². The van der Waals surface area contributed by atoms with Crippen molar-refractivity contribution in [3.05, 3.63) is 91.6 Å². The smallest absolute Gasteiger partial charge is 0.657 e. The Labute approximate surface area is 459 Å². The molecule has 5 heterocycles. The van der Waals surface area contributed by atoms with Crippen molar-refractivity contribution < 1.29 is 19.5 Å². The van der Waals surface area contributed by atoms with Crippen LogP contribution in [0, 0.1) is 3.57 Å². The molecule has 0 aliphatic carbocycles. The molecule has 0 saturated heterocycles. The molecule has 0 fully saturated rings. The summed E-state index contributed by atoms with van der Waals surface area (Å²) < 4.78 is 1.23. The second-order valence-corrected chi connectivity index (χ2v) is 22.4. The Kier molecular flexibility index (Phi) is 27.6. The molecule has 2 aliphatic rings. The van der Waals surface area contributed by atoms with Crippen LogP contribution in [0.1, 0.15) is 291 Å². The molecule has 0 saturated carbocycles. The first-order chi connectivity index (χ1) is 34.4. The molecular formula is C65H93IN4Zn. The third-order valence-electron chi connectivity index (χ3n) is 15.5. The van der Waals surface area contributed by atoms with Crippen LogP contribution >= 0.6 is 22.6 Å². The van der Waals surface area contributed by atoms with Crippen molar-refractivity contribution in [3.63, 3.8) is 0 Å². The first kappa shape index (κ1) is 59.1. The number of unbranched alkanes of at least 4 members (excludes halogenated alkanes) is 18. The Balaban J connectivity index is 0.00000937. The van der Waals surface area contributed by atoms with Crippen LogP contribution in [0.3, 0.4) is 0 Å². The zero-order valence-corrected chi connectivity index (χ0v) is 50.9. The SMILES string of the molecule is CCCCCCC(CCCCCC)c1c2nc([13c](-c3ccc(I)cc3)c3nc(c(C(CCCCCC)CCCCCC)c4ccc([n-]4)c(C(CCCCCC)CCCCCC)c4ccc1[n-]4)C=C3)C=C2.[Zn+2]. The van der Waals surface area contributed by atoms with Gasteiger partial charge < -0.3 is 9.97 Å². The van der Waals surface area contributed by atoms with Crippen molar-refractivity contribution in [1.82, 2.24) is 19.9 Å². The molecule has 2 aliphatic heterocycles. The van der Waals surface area contributed by atoms with E-state index in [1.54, 1.807) is 0 Å². The van der Waals surface area contributed by atoms with E-state index < -0.39 is 0 Å². The maximum Gasteiger partial charge on any atom is 2.00 e. The van der Waals surface area contributed by atoms with Crippen LogP contribution in [-0.2, 0) is 19.5 Å². The predicted octanol–water partition coefficient (Wildman–Crippen LogP) is 21.3. The topological polar surface area (TPSA) is 54.0 Å². The van der Waals surface area contributed by atoms with E-state index in [0.29, 0.717) is 17.8 Å². The summed E-state index contributed by atoms with van der Waals surface area (Å²) in [6.07, 6.45) is 46.8. The number of benzene rings is 1. The number of rotatable bonds is 34. The number of aromatic nitrogens is 4. The molecule has 1 aromatic carbocycles. The summed E-state index contributed by atoms with van der Waals surface area (Å²) in [5.74, 6) is 1.18. The summed E-state index contributed by atoms with van der Waals surface area (Å²) >= 11 is 2.43. The number of hydrogen-bond acceptors (Lipinski definition) is 2.